The van der Waals surface area contributed by atoms with Crippen LogP contribution in [0.5, 0.6) is 0 Å². The lowest BCUT2D eigenvalue weighted by Crippen LogP contribution is -2.28. The van der Waals surface area contributed by atoms with Gasteiger partial charge in [0.05, 0.1) is 12.1 Å². The van der Waals surface area contributed by atoms with Crippen LogP contribution in [0.1, 0.15) is 55.6 Å². The zero-order valence-electron chi connectivity index (χ0n) is 13.2. The summed E-state index contributed by atoms with van der Waals surface area (Å²) in [7, 11) is 0. The molecular weight excluding hydrogens is 294 g/mol. The molecule has 2 aromatic rings. The summed E-state index contributed by atoms with van der Waals surface area (Å²) in [6, 6.07) is 4.17. The highest BCUT2D eigenvalue weighted by molar-refractivity contribution is 7.09. The molecular formula is C17H23N3OS. The summed E-state index contributed by atoms with van der Waals surface area (Å²) in [5.41, 5.74) is -0.785. The van der Waals surface area contributed by atoms with Gasteiger partial charge >= 0.3 is 0 Å². The van der Waals surface area contributed by atoms with E-state index in [1.807, 2.05) is 18.5 Å². The molecule has 1 unspecified atom stereocenters. The molecule has 4 nitrogen and oxygen atoms in total. The first kappa shape index (κ1) is 15.4. The number of allylic oxidation sites excluding steroid dienone is 2. The van der Waals surface area contributed by atoms with E-state index in [9.17, 15) is 5.11 Å². The van der Waals surface area contributed by atoms with E-state index in [0.29, 0.717) is 12.5 Å². The minimum absolute atomic E-state index is 0.414. The van der Waals surface area contributed by atoms with Crippen LogP contribution in [0.4, 0.5) is 0 Å². The van der Waals surface area contributed by atoms with Crippen LogP contribution in [0, 0.1) is 0 Å². The van der Waals surface area contributed by atoms with Crippen LogP contribution in [-0.2, 0) is 13.0 Å². The maximum atomic E-state index is 10.2. The van der Waals surface area contributed by atoms with Gasteiger partial charge in [0.25, 0.3) is 0 Å². The van der Waals surface area contributed by atoms with Crippen LogP contribution >= 0.6 is 11.3 Å². The molecule has 0 aliphatic heterocycles. The monoisotopic (exact) mass is 317 g/mol. The number of hydrogen-bond donors (Lipinski definition) is 1. The van der Waals surface area contributed by atoms with Gasteiger partial charge in [0, 0.05) is 17.2 Å². The Morgan fingerprint density at radius 3 is 2.91 bits per heavy atom. The molecule has 2 aromatic heterocycles. The minimum atomic E-state index is -0.785. The highest BCUT2D eigenvalue weighted by Gasteiger charge is 2.24. The van der Waals surface area contributed by atoms with Gasteiger partial charge in [-0.25, -0.2) is 9.67 Å². The van der Waals surface area contributed by atoms with Gasteiger partial charge in [0.1, 0.15) is 5.82 Å². The van der Waals surface area contributed by atoms with Crippen molar-refractivity contribution in [3.63, 3.8) is 0 Å². The first-order valence-electron chi connectivity index (χ1n) is 7.85. The highest BCUT2D eigenvalue weighted by atomic mass is 32.1. The van der Waals surface area contributed by atoms with E-state index in [1.165, 1.54) is 4.88 Å². The number of aliphatic hydroxyl groups is 1. The fourth-order valence-electron chi connectivity index (χ4n) is 2.86. The average Bonchev–Trinajstić information content (AvgIpc) is 3.09. The second-order valence-corrected chi connectivity index (χ2v) is 7.63. The van der Waals surface area contributed by atoms with Crippen LogP contribution in [0.2, 0.25) is 0 Å². The zero-order chi connectivity index (χ0) is 15.6. The summed E-state index contributed by atoms with van der Waals surface area (Å²) >= 11 is 1.73. The molecule has 3 rings (SSSR count). The van der Waals surface area contributed by atoms with Crippen molar-refractivity contribution >= 4 is 11.3 Å². The lowest BCUT2D eigenvalue weighted by Gasteiger charge is -2.22. The predicted molar refractivity (Wildman–Crippen MR) is 89.2 cm³/mol. The Morgan fingerprint density at radius 1 is 1.41 bits per heavy atom. The third-order valence-corrected chi connectivity index (χ3v) is 4.70. The molecule has 0 fully saturated rings. The van der Waals surface area contributed by atoms with Crippen molar-refractivity contribution in [2.75, 3.05) is 0 Å². The molecule has 1 aliphatic carbocycles. The molecule has 0 aromatic carbocycles. The summed E-state index contributed by atoms with van der Waals surface area (Å²) in [5, 5.41) is 16.9. The highest BCUT2D eigenvalue weighted by Crippen LogP contribution is 2.29. The number of thiophene rings is 1. The first-order chi connectivity index (χ1) is 10.5. The van der Waals surface area contributed by atoms with Crippen LogP contribution < -0.4 is 0 Å². The third-order valence-electron chi connectivity index (χ3n) is 3.83. The lowest BCUT2D eigenvalue weighted by molar-refractivity contribution is 0.0561. The largest absolute Gasteiger partial charge is 0.389 e. The van der Waals surface area contributed by atoms with Crippen molar-refractivity contribution in [2.24, 2.45) is 0 Å². The predicted octanol–water partition coefficient (Wildman–Crippen LogP) is 3.53. The van der Waals surface area contributed by atoms with Crippen molar-refractivity contribution in [3.05, 3.63) is 46.2 Å². The number of nitrogens with zero attached hydrogens (tertiary/aromatic N) is 3. The van der Waals surface area contributed by atoms with Gasteiger partial charge in [-0.15, -0.1) is 11.3 Å². The van der Waals surface area contributed by atoms with Gasteiger partial charge in [-0.05, 0) is 44.6 Å². The molecule has 1 aliphatic rings. The first-order valence-corrected chi connectivity index (χ1v) is 8.72. The molecule has 0 radical (unpaired) electrons. The molecule has 0 amide bonds. The van der Waals surface area contributed by atoms with E-state index in [1.54, 1.807) is 11.3 Å². The van der Waals surface area contributed by atoms with Crippen molar-refractivity contribution < 1.29 is 5.11 Å². The summed E-state index contributed by atoms with van der Waals surface area (Å²) in [6.07, 6.45) is 8.46. The molecule has 0 spiro atoms. The Kier molecular flexibility index (Phi) is 4.45. The zero-order valence-corrected chi connectivity index (χ0v) is 14.0. The normalized spacial score (nSPS) is 18.8. The van der Waals surface area contributed by atoms with Gasteiger partial charge in [-0.2, -0.15) is 5.10 Å². The smallest absolute Gasteiger partial charge is 0.156 e. The minimum Gasteiger partial charge on any atom is -0.389 e. The van der Waals surface area contributed by atoms with E-state index < -0.39 is 5.60 Å². The maximum Gasteiger partial charge on any atom is 0.156 e. The van der Waals surface area contributed by atoms with E-state index in [0.717, 1.165) is 37.3 Å². The maximum absolute atomic E-state index is 10.2. The van der Waals surface area contributed by atoms with Gasteiger partial charge in [-0.1, -0.05) is 18.2 Å². The van der Waals surface area contributed by atoms with Crippen LogP contribution in [0.15, 0.2) is 29.7 Å². The molecule has 118 valence electrons. The average molecular weight is 317 g/mol. The van der Waals surface area contributed by atoms with E-state index in [-0.39, 0.29) is 0 Å². The Hall–Kier alpha value is -1.46. The van der Waals surface area contributed by atoms with Crippen molar-refractivity contribution in [1.29, 1.82) is 0 Å². The fraction of sp³-hybridized carbons (Fsp3) is 0.529. The molecule has 22 heavy (non-hydrogen) atoms. The number of hydrogen-bond acceptors (Lipinski definition) is 4. The summed E-state index contributed by atoms with van der Waals surface area (Å²) in [6.45, 7) is 4.12. The number of rotatable bonds is 5. The summed E-state index contributed by atoms with van der Waals surface area (Å²) in [4.78, 5) is 6.08. The Labute approximate surface area is 135 Å². The molecule has 2 heterocycles. The second-order valence-electron chi connectivity index (χ2n) is 6.59. The van der Waals surface area contributed by atoms with Gasteiger partial charge in [-0.3, -0.25) is 0 Å². The molecule has 0 saturated heterocycles. The SMILES string of the molecule is CC(C)(O)Cn1nc(Cc2cccs2)nc1C1CC=CCC1. The van der Waals surface area contributed by atoms with Gasteiger partial charge in [0.2, 0.25) is 0 Å². The summed E-state index contributed by atoms with van der Waals surface area (Å²) < 4.78 is 1.92. The standard InChI is InChI=1S/C17H23N3OS/c1-17(2,21)12-20-16(13-7-4-3-5-8-13)18-15(19-20)11-14-9-6-10-22-14/h3-4,6,9-10,13,21H,5,7-8,11-12H2,1-2H3. The second kappa shape index (κ2) is 6.34. The van der Waals surface area contributed by atoms with Crippen molar-refractivity contribution in [1.82, 2.24) is 14.8 Å². The van der Waals surface area contributed by atoms with E-state index in [2.05, 4.69) is 34.8 Å². The van der Waals surface area contributed by atoms with Crippen LogP contribution in [0.25, 0.3) is 0 Å². The molecule has 0 bridgehead atoms. The van der Waals surface area contributed by atoms with Gasteiger partial charge in [0.15, 0.2) is 5.82 Å². The van der Waals surface area contributed by atoms with Crippen LogP contribution in [-0.4, -0.2) is 25.5 Å². The Morgan fingerprint density at radius 2 is 2.27 bits per heavy atom. The van der Waals surface area contributed by atoms with Crippen molar-refractivity contribution in [2.45, 2.75) is 57.6 Å². The Balaban J connectivity index is 1.87. The van der Waals surface area contributed by atoms with Crippen LogP contribution in [0.3, 0.4) is 0 Å². The molecule has 1 atom stereocenters. The molecule has 1 N–H and O–H groups in total. The fourth-order valence-corrected chi connectivity index (χ4v) is 3.56. The quantitative estimate of drug-likeness (QED) is 0.858. The topological polar surface area (TPSA) is 50.9 Å². The van der Waals surface area contributed by atoms with E-state index >= 15 is 0 Å². The summed E-state index contributed by atoms with van der Waals surface area (Å²) in [5.74, 6) is 2.30. The Bertz CT molecular complexity index is 637. The van der Waals surface area contributed by atoms with E-state index in [4.69, 9.17) is 4.98 Å². The number of aromatic nitrogens is 3. The third kappa shape index (κ3) is 3.84. The molecule has 5 heteroatoms. The lowest BCUT2D eigenvalue weighted by atomic mass is 9.93. The molecule has 0 saturated carbocycles. The van der Waals surface area contributed by atoms with Crippen molar-refractivity contribution in [3.8, 4) is 0 Å². The van der Waals surface area contributed by atoms with Gasteiger partial charge < -0.3 is 5.11 Å².